The van der Waals surface area contributed by atoms with E-state index in [0.29, 0.717) is 11.8 Å². The number of methoxy groups -OCH3 is 1. The van der Waals surface area contributed by atoms with Crippen LogP contribution in [-0.2, 0) is 9.59 Å². The van der Waals surface area contributed by atoms with Crippen LogP contribution in [0.4, 0.5) is 4.39 Å². The highest BCUT2D eigenvalue weighted by Crippen LogP contribution is 2.27. The molecule has 0 unspecified atom stereocenters. The number of rotatable bonds is 8. The number of para-hydroxylation sites is 1. The highest BCUT2D eigenvalue weighted by molar-refractivity contribution is 5.85. The normalized spacial score (nSPS) is 11.1. The topological polar surface area (TPSA) is 103 Å². The molecule has 0 saturated heterocycles. The van der Waals surface area contributed by atoms with Crippen molar-refractivity contribution in [2.45, 2.75) is 13.0 Å². The smallest absolute Gasteiger partial charge is 0.279 e. The standard InChI is InChI=1S/C19H19FN2O6/c1-12(28-15-6-4-3-5-14(15)20)19(25)22-21-18(24)11-27-16-8-7-13(10-23)9-17(16)26-2/h3-10,12H,11H2,1-2H3,(H,21,24)(H,22,25)/t12-/m1/s1. The molecule has 2 aromatic rings. The van der Waals surface area contributed by atoms with Crippen LogP contribution < -0.4 is 25.1 Å². The summed E-state index contributed by atoms with van der Waals surface area (Å²) in [5.41, 5.74) is 4.71. The van der Waals surface area contributed by atoms with Gasteiger partial charge in [-0.25, -0.2) is 4.39 Å². The number of hydrazine groups is 1. The number of amides is 2. The molecule has 0 aliphatic heterocycles. The fourth-order valence-corrected chi connectivity index (χ4v) is 2.07. The molecule has 0 aliphatic carbocycles. The Morgan fingerprint density at radius 2 is 1.86 bits per heavy atom. The van der Waals surface area contributed by atoms with Gasteiger partial charge < -0.3 is 14.2 Å². The second-order valence-corrected chi connectivity index (χ2v) is 5.54. The zero-order chi connectivity index (χ0) is 20.5. The molecule has 0 heterocycles. The summed E-state index contributed by atoms with van der Waals surface area (Å²) in [4.78, 5) is 34.5. The number of hydrogen-bond acceptors (Lipinski definition) is 6. The molecule has 2 amide bonds. The molecule has 2 N–H and O–H groups in total. The third kappa shape index (κ3) is 5.70. The van der Waals surface area contributed by atoms with Crippen molar-refractivity contribution in [2.24, 2.45) is 0 Å². The quantitative estimate of drug-likeness (QED) is 0.525. The van der Waals surface area contributed by atoms with E-state index in [1.165, 1.54) is 50.4 Å². The third-order valence-electron chi connectivity index (χ3n) is 3.52. The van der Waals surface area contributed by atoms with Crippen molar-refractivity contribution in [1.29, 1.82) is 0 Å². The van der Waals surface area contributed by atoms with E-state index >= 15 is 0 Å². The van der Waals surface area contributed by atoms with E-state index in [4.69, 9.17) is 14.2 Å². The lowest BCUT2D eigenvalue weighted by Crippen LogP contribution is -2.48. The molecule has 0 fully saturated rings. The number of hydrogen-bond donors (Lipinski definition) is 2. The van der Waals surface area contributed by atoms with Gasteiger partial charge in [0.25, 0.3) is 11.8 Å². The summed E-state index contributed by atoms with van der Waals surface area (Å²) >= 11 is 0. The number of carbonyl (C=O) groups is 3. The van der Waals surface area contributed by atoms with Crippen LogP contribution in [0.25, 0.3) is 0 Å². The van der Waals surface area contributed by atoms with Gasteiger partial charge >= 0.3 is 0 Å². The minimum atomic E-state index is -1.05. The van der Waals surface area contributed by atoms with E-state index in [1.807, 2.05) is 0 Å². The van der Waals surface area contributed by atoms with Crippen molar-refractivity contribution in [1.82, 2.24) is 10.9 Å². The molecule has 0 spiro atoms. The maximum atomic E-state index is 13.5. The van der Waals surface area contributed by atoms with Gasteiger partial charge in [0.15, 0.2) is 35.8 Å². The Kier molecular flexibility index (Phi) is 7.32. The van der Waals surface area contributed by atoms with Crippen molar-refractivity contribution in [3.05, 3.63) is 53.8 Å². The minimum Gasteiger partial charge on any atom is -0.493 e. The van der Waals surface area contributed by atoms with Gasteiger partial charge in [-0.05, 0) is 37.3 Å². The number of benzene rings is 2. The van der Waals surface area contributed by atoms with E-state index in [0.717, 1.165) is 0 Å². The first-order chi connectivity index (χ1) is 13.4. The van der Waals surface area contributed by atoms with E-state index in [1.54, 1.807) is 6.07 Å². The van der Waals surface area contributed by atoms with Gasteiger partial charge in [0.2, 0.25) is 0 Å². The molecule has 0 aromatic heterocycles. The second-order valence-electron chi connectivity index (χ2n) is 5.54. The molecule has 2 aromatic carbocycles. The highest BCUT2D eigenvalue weighted by Gasteiger charge is 2.17. The van der Waals surface area contributed by atoms with Gasteiger partial charge in [0, 0.05) is 5.56 Å². The lowest BCUT2D eigenvalue weighted by Gasteiger charge is -2.16. The Morgan fingerprint density at radius 3 is 2.54 bits per heavy atom. The summed E-state index contributed by atoms with van der Waals surface area (Å²) in [6, 6.07) is 10.1. The Labute approximate surface area is 160 Å². The first-order valence-corrected chi connectivity index (χ1v) is 8.20. The van der Waals surface area contributed by atoms with Crippen LogP contribution in [0.5, 0.6) is 17.2 Å². The Morgan fingerprint density at radius 1 is 1.11 bits per heavy atom. The summed E-state index contributed by atoms with van der Waals surface area (Å²) in [5.74, 6) is -1.46. The molecule has 28 heavy (non-hydrogen) atoms. The maximum absolute atomic E-state index is 13.5. The van der Waals surface area contributed by atoms with Crippen molar-refractivity contribution in [2.75, 3.05) is 13.7 Å². The largest absolute Gasteiger partial charge is 0.493 e. The van der Waals surface area contributed by atoms with Crippen LogP contribution >= 0.6 is 0 Å². The van der Waals surface area contributed by atoms with E-state index in [9.17, 15) is 18.8 Å². The Balaban J connectivity index is 1.81. The lowest BCUT2D eigenvalue weighted by atomic mass is 10.2. The molecule has 0 radical (unpaired) electrons. The predicted molar refractivity (Wildman–Crippen MR) is 96.7 cm³/mol. The third-order valence-corrected chi connectivity index (χ3v) is 3.52. The molecular formula is C19H19FN2O6. The first kappa shape index (κ1) is 20.7. The number of nitrogens with one attached hydrogen (secondary N) is 2. The molecule has 148 valence electrons. The van der Waals surface area contributed by atoms with E-state index < -0.39 is 30.3 Å². The zero-order valence-electron chi connectivity index (χ0n) is 15.2. The van der Waals surface area contributed by atoms with Crippen molar-refractivity contribution in [3.8, 4) is 17.2 Å². The number of carbonyl (C=O) groups excluding carboxylic acids is 3. The van der Waals surface area contributed by atoms with Crippen LogP contribution in [0.1, 0.15) is 17.3 Å². The predicted octanol–water partition coefficient (Wildman–Crippen LogP) is 1.64. The molecule has 9 heteroatoms. The molecular weight excluding hydrogens is 371 g/mol. The van der Waals surface area contributed by atoms with Gasteiger partial charge in [-0.1, -0.05) is 12.1 Å². The SMILES string of the molecule is COc1cc(C=O)ccc1OCC(=O)NNC(=O)[C@@H](C)Oc1ccccc1F. The van der Waals surface area contributed by atoms with Gasteiger partial charge in [-0.3, -0.25) is 25.2 Å². The average molecular weight is 390 g/mol. The molecule has 0 bridgehead atoms. The van der Waals surface area contributed by atoms with Crippen LogP contribution in [0.15, 0.2) is 42.5 Å². The van der Waals surface area contributed by atoms with Gasteiger partial charge in [0.05, 0.1) is 7.11 Å². The molecule has 0 aliphatic rings. The Hall–Kier alpha value is -3.62. The van der Waals surface area contributed by atoms with Gasteiger partial charge in [-0.2, -0.15) is 0 Å². The van der Waals surface area contributed by atoms with Crippen LogP contribution in [-0.4, -0.2) is 37.9 Å². The number of halogens is 1. The molecule has 0 saturated carbocycles. The first-order valence-electron chi connectivity index (χ1n) is 8.20. The highest BCUT2D eigenvalue weighted by atomic mass is 19.1. The summed E-state index contributed by atoms with van der Waals surface area (Å²) in [7, 11) is 1.40. The molecule has 1 atom stereocenters. The average Bonchev–Trinajstić information content (AvgIpc) is 2.71. The molecule has 8 nitrogen and oxygen atoms in total. The van der Waals surface area contributed by atoms with Crippen molar-refractivity contribution in [3.63, 3.8) is 0 Å². The van der Waals surface area contributed by atoms with Crippen LogP contribution in [0, 0.1) is 5.82 Å². The maximum Gasteiger partial charge on any atom is 0.279 e. The van der Waals surface area contributed by atoms with Gasteiger partial charge in [-0.15, -0.1) is 0 Å². The second kappa shape index (κ2) is 9.91. The van der Waals surface area contributed by atoms with Crippen molar-refractivity contribution >= 4 is 18.1 Å². The molecule has 2 rings (SSSR count). The number of aldehydes is 1. The summed E-state index contributed by atoms with van der Waals surface area (Å²) < 4.78 is 29.1. The van der Waals surface area contributed by atoms with Gasteiger partial charge in [0.1, 0.15) is 6.29 Å². The zero-order valence-corrected chi connectivity index (χ0v) is 15.2. The van der Waals surface area contributed by atoms with Crippen LogP contribution in [0.3, 0.4) is 0 Å². The summed E-state index contributed by atoms with van der Waals surface area (Å²) in [6.45, 7) is 0.990. The van der Waals surface area contributed by atoms with E-state index in [2.05, 4.69) is 10.9 Å². The summed E-state index contributed by atoms with van der Waals surface area (Å²) in [5, 5.41) is 0. The van der Waals surface area contributed by atoms with Crippen LogP contribution in [0.2, 0.25) is 0 Å². The van der Waals surface area contributed by atoms with Crippen molar-refractivity contribution < 1.29 is 33.0 Å². The fourth-order valence-electron chi connectivity index (χ4n) is 2.07. The fraction of sp³-hybridized carbons (Fsp3) is 0.211. The Bertz CT molecular complexity index is 858. The monoisotopic (exact) mass is 390 g/mol. The minimum absolute atomic E-state index is 0.0781. The number of ether oxygens (including phenoxy) is 3. The lowest BCUT2D eigenvalue weighted by molar-refractivity contribution is -0.133. The summed E-state index contributed by atoms with van der Waals surface area (Å²) in [6.07, 6.45) is -0.395. The van der Waals surface area contributed by atoms with E-state index in [-0.39, 0.29) is 17.2 Å².